The van der Waals surface area contributed by atoms with Crippen molar-refractivity contribution in [3.8, 4) is 0 Å². The van der Waals surface area contributed by atoms with E-state index in [-0.39, 0.29) is 27.4 Å². The zero-order valence-corrected chi connectivity index (χ0v) is 26.1. The zero-order valence-electron chi connectivity index (χ0n) is 23.7. The van der Waals surface area contributed by atoms with Crippen LogP contribution in [0.5, 0.6) is 0 Å². The quantitative estimate of drug-likeness (QED) is 0.0879. The van der Waals surface area contributed by atoms with E-state index in [1.165, 1.54) is 23.6 Å². The zero-order chi connectivity index (χ0) is 32.0. The van der Waals surface area contributed by atoms with Crippen LogP contribution in [0.4, 0.5) is 5.13 Å². The van der Waals surface area contributed by atoms with Gasteiger partial charge in [-0.1, -0.05) is 28.1 Å². The molecule has 0 unspecified atom stereocenters. The molecule has 3 aromatic heterocycles. The first-order valence-electron chi connectivity index (χ1n) is 13.8. The second-order valence-electron chi connectivity index (χ2n) is 10.6. The van der Waals surface area contributed by atoms with E-state index in [4.69, 9.17) is 27.3 Å². The SMILES string of the molecule is C[C@H](ON=C(C(=O)N[C@@H]1C(=O)N2C(C(=O)O)=C(C[n+]3cccc4c3ccn4[C@@H]3CCNC3)CS[C@H]12)c1nc(N)sc1Cl)C(=O)O. The Balaban J connectivity index is 1.23. The molecule has 6 heterocycles. The van der Waals surface area contributed by atoms with E-state index in [2.05, 4.69) is 25.3 Å². The Labute approximate surface area is 268 Å². The Hall–Kier alpha value is -4.19. The predicted octanol–water partition coefficient (Wildman–Crippen LogP) is 0.788. The monoisotopic (exact) mass is 675 g/mol. The lowest BCUT2D eigenvalue weighted by atomic mass is 10.0. The van der Waals surface area contributed by atoms with Crippen LogP contribution in [0.3, 0.4) is 0 Å². The number of fused-ring (bicyclic) bond motifs is 2. The molecule has 0 radical (unpaired) electrons. The Morgan fingerprint density at radius 3 is 2.82 bits per heavy atom. The van der Waals surface area contributed by atoms with Crippen LogP contribution in [0.2, 0.25) is 4.34 Å². The van der Waals surface area contributed by atoms with Crippen LogP contribution in [-0.2, 0) is 30.6 Å². The summed E-state index contributed by atoms with van der Waals surface area (Å²) in [6, 6.07) is 5.21. The Kier molecular flexibility index (Phi) is 8.43. The van der Waals surface area contributed by atoms with E-state index in [1.54, 1.807) is 0 Å². The Bertz CT molecular complexity index is 1780. The topological polar surface area (TPSA) is 205 Å². The number of rotatable bonds is 10. The molecule has 18 heteroatoms. The second-order valence-corrected chi connectivity index (χ2v) is 13.3. The summed E-state index contributed by atoms with van der Waals surface area (Å²) in [4.78, 5) is 60.5. The highest BCUT2D eigenvalue weighted by atomic mass is 35.5. The molecule has 2 fully saturated rings. The van der Waals surface area contributed by atoms with Gasteiger partial charge in [0.15, 0.2) is 23.6 Å². The number of nitrogens with one attached hydrogen (secondary N) is 2. The molecule has 0 saturated carbocycles. The standard InChI is InChI=1S/C27H27ClN8O7S2/c1-12(25(39)40)43-33-18(17-21(28)45-27(29)32-17)22(37)31-19-23(38)36-20(26(41)42)13(11-44-24(19)36)10-34-7-2-3-16-15(34)5-8-35(16)14-4-6-30-9-14/h2-3,5,7-8,12,14,19,24,30H,4,6,9-11H2,1H3,(H4-,29,31,32,37,39,40,41,42)/p+1/t12-,14+,19+,24+/m0/s1. The molecule has 15 nitrogen and oxygen atoms in total. The number of thiazole rings is 1. The van der Waals surface area contributed by atoms with Crippen molar-refractivity contribution in [1.29, 1.82) is 0 Å². The van der Waals surface area contributed by atoms with Crippen molar-refractivity contribution in [2.24, 2.45) is 5.16 Å². The minimum Gasteiger partial charge on any atom is -0.478 e. The van der Waals surface area contributed by atoms with Gasteiger partial charge in [0.25, 0.3) is 11.8 Å². The maximum absolute atomic E-state index is 13.4. The summed E-state index contributed by atoms with van der Waals surface area (Å²) in [7, 11) is 0. The molecule has 3 aliphatic heterocycles. The molecule has 2 amide bonds. The van der Waals surface area contributed by atoms with Gasteiger partial charge in [0, 0.05) is 42.2 Å². The summed E-state index contributed by atoms with van der Waals surface area (Å²) in [5.41, 5.74) is 7.50. The molecule has 0 spiro atoms. The van der Waals surface area contributed by atoms with E-state index in [1.807, 2.05) is 35.2 Å². The Morgan fingerprint density at radius 1 is 1.36 bits per heavy atom. The van der Waals surface area contributed by atoms with Crippen LogP contribution in [0.1, 0.15) is 25.1 Å². The number of oxime groups is 1. The third-order valence-electron chi connectivity index (χ3n) is 7.78. The van der Waals surface area contributed by atoms with Gasteiger partial charge < -0.3 is 36.0 Å². The van der Waals surface area contributed by atoms with Crippen LogP contribution < -0.4 is 20.9 Å². The number of carbonyl (C=O) groups is 4. The molecule has 0 aliphatic carbocycles. The predicted molar refractivity (Wildman–Crippen MR) is 165 cm³/mol. The van der Waals surface area contributed by atoms with Crippen molar-refractivity contribution < 1.29 is 38.8 Å². The summed E-state index contributed by atoms with van der Waals surface area (Å²) >= 11 is 8.36. The van der Waals surface area contributed by atoms with Gasteiger partial charge in [0.1, 0.15) is 32.7 Å². The van der Waals surface area contributed by atoms with E-state index in [0.717, 1.165) is 41.9 Å². The summed E-state index contributed by atoms with van der Waals surface area (Å²) in [6.07, 6.45) is 3.54. The van der Waals surface area contributed by atoms with Crippen LogP contribution in [0.25, 0.3) is 11.0 Å². The third kappa shape index (κ3) is 5.71. The summed E-state index contributed by atoms with van der Waals surface area (Å²) < 4.78 is 4.21. The van der Waals surface area contributed by atoms with Crippen LogP contribution in [0.15, 0.2) is 47.0 Å². The highest BCUT2D eigenvalue weighted by Gasteiger charge is 2.55. The fourth-order valence-electron chi connectivity index (χ4n) is 5.57. The number of amides is 2. The van der Waals surface area contributed by atoms with Crippen LogP contribution in [-0.4, -0.2) is 90.5 Å². The van der Waals surface area contributed by atoms with Crippen LogP contribution >= 0.6 is 34.7 Å². The Morgan fingerprint density at radius 2 is 2.16 bits per heavy atom. The molecule has 6 rings (SSSR count). The number of pyridine rings is 1. The summed E-state index contributed by atoms with van der Waals surface area (Å²) in [6.45, 7) is 3.30. The molecule has 6 N–H and O–H groups in total. The number of nitrogens with two attached hydrogens (primary N) is 1. The van der Waals surface area contributed by atoms with Gasteiger partial charge in [-0.3, -0.25) is 14.5 Å². The third-order valence-corrected chi connectivity index (χ3v) is 10.2. The fraction of sp³-hybridized carbons (Fsp3) is 0.370. The van der Waals surface area contributed by atoms with Crippen molar-refractivity contribution >= 4 is 80.3 Å². The van der Waals surface area contributed by atoms with Gasteiger partial charge in [-0.2, -0.15) is 4.57 Å². The number of anilines is 1. The number of nitrogen functional groups attached to an aromatic ring is 1. The molecule has 0 aromatic carbocycles. The minimum atomic E-state index is -1.40. The number of hydrogen-bond donors (Lipinski definition) is 5. The van der Waals surface area contributed by atoms with Crippen molar-refractivity contribution in [1.82, 2.24) is 25.1 Å². The first kappa shape index (κ1) is 30.8. The lowest BCUT2D eigenvalue weighted by molar-refractivity contribution is -0.663. The van der Waals surface area contributed by atoms with Gasteiger partial charge in [-0.15, -0.1) is 11.8 Å². The largest absolute Gasteiger partial charge is 0.478 e. The number of carbonyl (C=O) groups excluding carboxylic acids is 2. The number of nitrogens with zero attached hydrogens (tertiary/aromatic N) is 5. The molecule has 0 bridgehead atoms. The molecule has 4 atom stereocenters. The highest BCUT2D eigenvalue weighted by Crippen LogP contribution is 2.40. The fourth-order valence-corrected chi connectivity index (χ4v) is 7.83. The number of thioether (sulfide) groups is 1. The van der Waals surface area contributed by atoms with E-state index in [9.17, 15) is 24.3 Å². The van der Waals surface area contributed by atoms with Crippen molar-refractivity contribution in [2.75, 3.05) is 24.6 Å². The molecule has 3 aromatic rings. The molecule has 45 heavy (non-hydrogen) atoms. The first-order chi connectivity index (χ1) is 21.5. The smallest absolute Gasteiger partial charge is 0.352 e. The minimum absolute atomic E-state index is 0.00472. The van der Waals surface area contributed by atoms with Gasteiger partial charge in [-0.05, 0) is 26.0 Å². The molecule has 2 saturated heterocycles. The summed E-state index contributed by atoms with van der Waals surface area (Å²) in [5.74, 6) is -3.82. The average molecular weight is 676 g/mol. The van der Waals surface area contributed by atoms with Gasteiger partial charge in [-0.25, -0.2) is 14.6 Å². The number of carboxylic acids is 2. The maximum atomic E-state index is 13.4. The normalized spacial score (nSPS) is 22.3. The maximum Gasteiger partial charge on any atom is 0.352 e. The van der Waals surface area contributed by atoms with Gasteiger partial charge in [0.05, 0.1) is 0 Å². The van der Waals surface area contributed by atoms with Crippen molar-refractivity contribution in [2.45, 2.75) is 43.5 Å². The lowest BCUT2D eigenvalue weighted by Gasteiger charge is -2.49. The van der Waals surface area contributed by atoms with Crippen LogP contribution in [0, 0.1) is 0 Å². The molecule has 236 valence electrons. The number of aliphatic carboxylic acids is 2. The van der Waals surface area contributed by atoms with Gasteiger partial charge >= 0.3 is 11.9 Å². The second kappa shape index (κ2) is 12.3. The number of hydrogen-bond acceptors (Lipinski definition) is 11. The number of halogens is 1. The molecular formula is C27H28ClN8O7S2+. The van der Waals surface area contributed by atoms with Gasteiger partial charge in [0.2, 0.25) is 11.6 Å². The highest BCUT2D eigenvalue weighted by molar-refractivity contribution is 8.00. The molecule has 3 aliphatic rings. The summed E-state index contributed by atoms with van der Waals surface area (Å²) in [5, 5.41) is 28.3. The van der Waals surface area contributed by atoms with E-state index < -0.39 is 47.0 Å². The number of carboxylic acid groups (broad SMARTS) is 2. The number of aromatic nitrogens is 3. The average Bonchev–Trinajstić information content (AvgIpc) is 3.76. The molecular weight excluding hydrogens is 648 g/mol. The van der Waals surface area contributed by atoms with E-state index in [0.29, 0.717) is 17.4 Å². The lowest BCUT2D eigenvalue weighted by Crippen LogP contribution is -2.71. The first-order valence-corrected chi connectivity index (χ1v) is 16.1. The van der Waals surface area contributed by atoms with E-state index >= 15 is 0 Å². The number of β-lactam (4-membered cyclic amide) rings is 1. The van der Waals surface area contributed by atoms with Crippen molar-refractivity contribution in [3.05, 3.63) is 51.9 Å². The van der Waals surface area contributed by atoms with Crippen molar-refractivity contribution in [3.63, 3.8) is 0 Å².